The van der Waals surface area contributed by atoms with Crippen LogP contribution < -0.4 is 0 Å². The highest BCUT2D eigenvalue weighted by atomic mass is 32.1. The van der Waals surface area contributed by atoms with Crippen molar-refractivity contribution in [1.82, 2.24) is 0 Å². The third-order valence-electron chi connectivity index (χ3n) is 10.6. The van der Waals surface area contributed by atoms with Crippen molar-refractivity contribution in [2.24, 2.45) is 23.7 Å². The van der Waals surface area contributed by atoms with Crippen LogP contribution in [0.1, 0.15) is 110 Å². The zero-order valence-corrected chi connectivity index (χ0v) is 30.3. The highest BCUT2D eigenvalue weighted by Crippen LogP contribution is 2.48. The average Bonchev–Trinajstić information content (AvgIpc) is 3.59. The molecular weight excluding hydrogens is 581 g/mol. The van der Waals surface area contributed by atoms with E-state index in [0.29, 0.717) is 0 Å². The maximum atomic E-state index is 2.51. The summed E-state index contributed by atoms with van der Waals surface area (Å²) in [6, 6.07) is 24.0. The van der Waals surface area contributed by atoms with Gasteiger partial charge >= 0.3 is 0 Å². The van der Waals surface area contributed by atoms with Crippen molar-refractivity contribution in [3.8, 4) is 0 Å². The van der Waals surface area contributed by atoms with Gasteiger partial charge in [-0.1, -0.05) is 135 Å². The van der Waals surface area contributed by atoms with Crippen LogP contribution in [0.15, 0.2) is 60.7 Å². The fraction of sp³-hybridized carbons (Fsp3) is 0.488. The molecule has 0 aliphatic heterocycles. The molecule has 2 heterocycles. The summed E-state index contributed by atoms with van der Waals surface area (Å²) >= 11 is 4.05. The molecule has 0 aliphatic carbocycles. The SMILES string of the molecule is CCC(C)CCCC(C)CCc1ccc2ccc3c(sc4c5ccc6ccc(CCC(C)CCCC(C)C)cc6c5sc34)c2c1. The molecule has 3 unspecified atom stereocenters. The Morgan fingerprint density at radius 2 is 0.911 bits per heavy atom. The highest BCUT2D eigenvalue weighted by Gasteiger charge is 2.17. The molecule has 0 radical (unpaired) electrons. The first-order valence-corrected chi connectivity index (χ1v) is 19.7. The standard InChI is InChI=1S/C43H54S2/c1-7-29(4)11-9-13-31(6)15-17-33-19-21-35-23-25-37-41(39(35)27-33)45-42-36-24-22-34-20-18-32(26-38(34)40(36)44-43(37)42)16-14-30(5)12-8-10-28(2)3/h18-31H,7-17H2,1-6H3. The van der Waals surface area contributed by atoms with E-state index in [9.17, 15) is 0 Å². The van der Waals surface area contributed by atoms with Crippen LogP contribution in [0, 0.1) is 23.7 Å². The largest absolute Gasteiger partial charge is 0.133 e. The van der Waals surface area contributed by atoms with E-state index in [0.717, 1.165) is 23.7 Å². The number of benzene rings is 4. The molecule has 6 aromatic rings. The predicted octanol–water partition coefficient (Wildman–Crippen LogP) is 14.8. The Hall–Kier alpha value is -2.42. The summed E-state index contributed by atoms with van der Waals surface area (Å²) < 4.78 is 5.89. The lowest BCUT2D eigenvalue weighted by molar-refractivity contribution is 0.419. The van der Waals surface area contributed by atoms with Crippen molar-refractivity contribution in [2.75, 3.05) is 0 Å². The first-order valence-electron chi connectivity index (χ1n) is 18.0. The zero-order chi connectivity index (χ0) is 31.5. The van der Waals surface area contributed by atoms with Crippen molar-refractivity contribution < 1.29 is 0 Å². The maximum Gasteiger partial charge on any atom is 0.0542 e. The Morgan fingerprint density at radius 1 is 0.467 bits per heavy atom. The molecule has 45 heavy (non-hydrogen) atoms. The topological polar surface area (TPSA) is 0 Å². The van der Waals surface area contributed by atoms with Gasteiger partial charge in [-0.15, -0.1) is 22.7 Å². The van der Waals surface area contributed by atoms with Crippen LogP contribution in [0.2, 0.25) is 0 Å². The van der Waals surface area contributed by atoms with Crippen molar-refractivity contribution in [1.29, 1.82) is 0 Å². The van der Waals surface area contributed by atoms with E-state index in [4.69, 9.17) is 0 Å². The van der Waals surface area contributed by atoms with E-state index in [2.05, 4.69) is 102 Å². The molecule has 0 spiro atoms. The number of rotatable bonds is 15. The number of hydrogen-bond acceptors (Lipinski definition) is 2. The van der Waals surface area contributed by atoms with Crippen molar-refractivity contribution in [3.63, 3.8) is 0 Å². The van der Waals surface area contributed by atoms with Gasteiger partial charge in [0.25, 0.3) is 0 Å². The van der Waals surface area contributed by atoms with Gasteiger partial charge in [0, 0.05) is 20.2 Å². The normalized spacial score (nSPS) is 14.5. The van der Waals surface area contributed by atoms with Crippen molar-refractivity contribution >= 4 is 73.8 Å². The minimum absolute atomic E-state index is 0.798. The van der Waals surface area contributed by atoms with Gasteiger partial charge in [-0.2, -0.15) is 0 Å². The lowest BCUT2D eigenvalue weighted by atomic mass is 9.92. The molecule has 0 nitrogen and oxygen atoms in total. The van der Waals surface area contributed by atoms with E-state index < -0.39 is 0 Å². The number of hydrogen-bond donors (Lipinski definition) is 0. The lowest BCUT2D eigenvalue weighted by Gasteiger charge is -2.13. The van der Waals surface area contributed by atoms with Crippen LogP contribution in [0.5, 0.6) is 0 Å². The van der Waals surface area contributed by atoms with Crippen LogP contribution >= 0.6 is 22.7 Å². The predicted molar refractivity (Wildman–Crippen MR) is 207 cm³/mol. The maximum absolute atomic E-state index is 2.51. The van der Waals surface area contributed by atoms with Gasteiger partial charge in [-0.3, -0.25) is 0 Å². The first-order chi connectivity index (χ1) is 21.8. The molecule has 0 amide bonds. The Kier molecular flexibility index (Phi) is 10.5. The minimum atomic E-state index is 0.798. The highest BCUT2D eigenvalue weighted by molar-refractivity contribution is 7.37. The van der Waals surface area contributed by atoms with Gasteiger partial charge in [0.2, 0.25) is 0 Å². The van der Waals surface area contributed by atoms with Gasteiger partial charge in [-0.25, -0.2) is 0 Å². The molecule has 0 fully saturated rings. The minimum Gasteiger partial charge on any atom is -0.133 e. The molecule has 0 N–H and O–H groups in total. The molecule has 0 bridgehead atoms. The van der Waals surface area contributed by atoms with E-state index in [1.807, 2.05) is 22.7 Å². The summed E-state index contributed by atoms with van der Waals surface area (Å²) in [6.07, 6.45) is 14.5. The van der Waals surface area contributed by atoms with Crippen LogP contribution in [0.3, 0.4) is 0 Å². The fourth-order valence-corrected chi connectivity index (χ4v) is 10.1. The molecular formula is C43H54S2. The second kappa shape index (κ2) is 14.6. The van der Waals surface area contributed by atoms with Gasteiger partial charge in [0.15, 0.2) is 0 Å². The van der Waals surface area contributed by atoms with Gasteiger partial charge in [-0.05, 0) is 94.2 Å². The summed E-state index contributed by atoms with van der Waals surface area (Å²) in [5.74, 6) is 3.29. The van der Waals surface area contributed by atoms with Crippen molar-refractivity contribution in [2.45, 2.75) is 112 Å². The third-order valence-corrected chi connectivity index (χ3v) is 13.3. The summed E-state index contributed by atoms with van der Waals surface area (Å²) in [5.41, 5.74) is 2.99. The second-order valence-corrected chi connectivity index (χ2v) is 17.0. The summed E-state index contributed by atoms with van der Waals surface area (Å²) in [6.45, 7) is 14.3. The van der Waals surface area contributed by atoms with E-state index in [1.165, 1.54) is 133 Å². The van der Waals surface area contributed by atoms with Gasteiger partial charge in [0.1, 0.15) is 0 Å². The van der Waals surface area contributed by atoms with Crippen LogP contribution in [0.4, 0.5) is 0 Å². The Labute approximate surface area is 280 Å². The third kappa shape index (κ3) is 7.44. The molecule has 3 atom stereocenters. The average molecular weight is 635 g/mol. The van der Waals surface area contributed by atoms with Gasteiger partial charge < -0.3 is 0 Å². The lowest BCUT2D eigenvalue weighted by Crippen LogP contribution is -2.00. The quantitative estimate of drug-likeness (QED) is 0.105. The molecule has 238 valence electrons. The smallest absolute Gasteiger partial charge is 0.0542 e. The fourth-order valence-electron chi connectivity index (χ4n) is 7.23. The Bertz CT molecular complexity index is 1880. The van der Waals surface area contributed by atoms with E-state index in [-0.39, 0.29) is 0 Å². The first kappa shape index (κ1) is 32.5. The summed E-state index contributed by atoms with van der Waals surface area (Å²) in [7, 11) is 0. The van der Waals surface area contributed by atoms with Crippen LogP contribution in [-0.4, -0.2) is 0 Å². The molecule has 0 aliphatic rings. The number of fused-ring (bicyclic) bond motifs is 9. The second-order valence-electron chi connectivity index (χ2n) is 14.9. The Morgan fingerprint density at radius 3 is 1.38 bits per heavy atom. The molecule has 0 saturated carbocycles. The molecule has 6 rings (SSSR count). The van der Waals surface area contributed by atoms with Crippen LogP contribution in [0.25, 0.3) is 51.1 Å². The number of thiophene rings is 2. The zero-order valence-electron chi connectivity index (χ0n) is 28.7. The molecule has 2 aromatic heterocycles. The number of aryl methyl sites for hydroxylation is 2. The molecule has 2 heteroatoms. The van der Waals surface area contributed by atoms with E-state index >= 15 is 0 Å². The Balaban J connectivity index is 1.24. The molecule has 4 aromatic carbocycles. The van der Waals surface area contributed by atoms with Crippen molar-refractivity contribution in [3.05, 3.63) is 71.8 Å². The van der Waals surface area contributed by atoms with E-state index in [1.54, 1.807) is 0 Å². The van der Waals surface area contributed by atoms with Gasteiger partial charge in [0.05, 0.1) is 9.40 Å². The monoisotopic (exact) mass is 634 g/mol. The molecule has 0 saturated heterocycles. The summed E-state index contributed by atoms with van der Waals surface area (Å²) in [5, 5.41) is 8.53. The van der Waals surface area contributed by atoms with Crippen LogP contribution in [-0.2, 0) is 12.8 Å². The summed E-state index contributed by atoms with van der Waals surface area (Å²) in [4.78, 5) is 0.